The molecule has 0 N–H and O–H groups in total. The molecule has 7 nitrogen and oxygen atoms in total. The molecule has 0 bridgehead atoms. The van der Waals surface area contributed by atoms with Gasteiger partial charge in [0.2, 0.25) is 11.8 Å². The first-order chi connectivity index (χ1) is 15.1. The molecule has 2 aliphatic heterocycles. The van der Waals surface area contributed by atoms with Crippen LogP contribution in [0.25, 0.3) is 0 Å². The Hall–Kier alpha value is -3.39. The number of aromatic nitrogens is 1. The summed E-state index contributed by atoms with van der Waals surface area (Å²) in [4.78, 5) is 34.2. The van der Waals surface area contributed by atoms with Crippen LogP contribution in [0, 0.1) is 12.8 Å². The predicted octanol–water partition coefficient (Wildman–Crippen LogP) is 3.94. The number of amides is 2. The minimum Gasteiger partial charge on any atom is -0.486 e. The van der Waals surface area contributed by atoms with Gasteiger partial charge in [0.25, 0.3) is 0 Å². The van der Waals surface area contributed by atoms with Gasteiger partial charge >= 0.3 is 0 Å². The van der Waals surface area contributed by atoms with Crippen molar-refractivity contribution >= 4 is 39.7 Å². The summed E-state index contributed by atoms with van der Waals surface area (Å²) < 4.78 is 11.2. The fourth-order valence-corrected chi connectivity index (χ4v) is 4.68. The summed E-state index contributed by atoms with van der Waals surface area (Å²) in [6.07, 6.45) is 0.154. The van der Waals surface area contributed by atoms with Gasteiger partial charge in [0.05, 0.1) is 17.3 Å². The number of benzene rings is 2. The van der Waals surface area contributed by atoms with Gasteiger partial charge in [-0.15, -0.1) is 11.3 Å². The molecular weight excluding hydrogens is 414 g/mol. The van der Waals surface area contributed by atoms with Crippen LogP contribution in [0.5, 0.6) is 11.5 Å². The van der Waals surface area contributed by atoms with Gasteiger partial charge in [-0.3, -0.25) is 14.5 Å². The molecule has 3 heterocycles. The summed E-state index contributed by atoms with van der Waals surface area (Å²) >= 11 is 1.42. The lowest BCUT2D eigenvalue weighted by Crippen LogP contribution is -2.34. The van der Waals surface area contributed by atoms with Gasteiger partial charge in [-0.25, -0.2) is 4.98 Å². The quantitative estimate of drug-likeness (QED) is 0.621. The number of anilines is 3. The van der Waals surface area contributed by atoms with E-state index in [0.29, 0.717) is 42.1 Å². The fraction of sp³-hybridized carbons (Fsp3) is 0.261. The largest absolute Gasteiger partial charge is 0.486 e. The van der Waals surface area contributed by atoms with Crippen LogP contribution >= 0.6 is 11.3 Å². The van der Waals surface area contributed by atoms with E-state index < -0.39 is 5.92 Å². The predicted molar refractivity (Wildman–Crippen MR) is 118 cm³/mol. The van der Waals surface area contributed by atoms with E-state index in [-0.39, 0.29) is 18.2 Å². The van der Waals surface area contributed by atoms with E-state index >= 15 is 0 Å². The second-order valence-electron chi connectivity index (χ2n) is 7.51. The van der Waals surface area contributed by atoms with Crippen LogP contribution in [0.4, 0.5) is 16.5 Å². The van der Waals surface area contributed by atoms with Crippen LogP contribution in [-0.4, -0.2) is 36.6 Å². The van der Waals surface area contributed by atoms with E-state index in [1.54, 1.807) is 21.9 Å². The van der Waals surface area contributed by atoms with E-state index in [1.165, 1.54) is 11.3 Å². The van der Waals surface area contributed by atoms with E-state index in [0.717, 1.165) is 11.4 Å². The van der Waals surface area contributed by atoms with Crippen LogP contribution in [0.3, 0.4) is 0 Å². The van der Waals surface area contributed by atoms with Crippen LogP contribution in [0.2, 0.25) is 0 Å². The van der Waals surface area contributed by atoms with E-state index in [2.05, 4.69) is 4.98 Å². The molecule has 2 aromatic carbocycles. The third-order valence-electron chi connectivity index (χ3n) is 5.34. The molecule has 0 unspecified atom stereocenters. The number of thiazole rings is 1. The Morgan fingerprint density at radius 2 is 1.90 bits per heavy atom. The van der Waals surface area contributed by atoms with E-state index in [4.69, 9.17) is 9.47 Å². The smallest absolute Gasteiger partial charge is 0.238 e. The number of para-hydroxylation sites is 1. The zero-order chi connectivity index (χ0) is 21.4. The number of fused-ring (bicyclic) bond motifs is 1. The molecule has 2 aliphatic rings. The molecule has 1 aromatic heterocycles. The molecule has 0 saturated carbocycles. The molecule has 0 radical (unpaired) electrons. The summed E-state index contributed by atoms with van der Waals surface area (Å²) in [5.41, 5.74) is 2.31. The SMILES string of the molecule is Cc1csc(N(C(=O)[C@@H]2CC(=O)N(c3ccc4c(c3)OCCO4)C2)c2ccccc2)n1. The molecule has 1 atom stereocenters. The van der Waals surface area contributed by atoms with Crippen LogP contribution in [-0.2, 0) is 9.59 Å². The number of hydrogen-bond donors (Lipinski definition) is 0. The zero-order valence-corrected chi connectivity index (χ0v) is 17.8. The Kier molecular flexibility index (Phi) is 5.07. The lowest BCUT2D eigenvalue weighted by Gasteiger charge is -2.24. The van der Waals surface area contributed by atoms with Crippen molar-refractivity contribution in [2.45, 2.75) is 13.3 Å². The van der Waals surface area contributed by atoms with Gasteiger partial charge in [-0.05, 0) is 31.2 Å². The Balaban J connectivity index is 1.42. The third-order valence-corrected chi connectivity index (χ3v) is 6.29. The van der Waals surface area contributed by atoms with Crippen molar-refractivity contribution in [1.29, 1.82) is 0 Å². The molecule has 1 fully saturated rings. The average Bonchev–Trinajstić information content (AvgIpc) is 3.40. The van der Waals surface area contributed by atoms with Gasteiger partial charge in [0.1, 0.15) is 13.2 Å². The second kappa shape index (κ2) is 8.03. The summed E-state index contributed by atoms with van der Waals surface area (Å²) in [6.45, 7) is 3.20. The minimum absolute atomic E-state index is 0.0849. The number of ether oxygens (including phenoxy) is 2. The van der Waals surface area contributed by atoms with Crippen molar-refractivity contribution in [1.82, 2.24) is 4.98 Å². The molecule has 158 valence electrons. The van der Waals surface area contributed by atoms with Crippen LogP contribution in [0.1, 0.15) is 12.1 Å². The first-order valence-corrected chi connectivity index (χ1v) is 11.0. The normalized spacial score (nSPS) is 17.6. The number of carbonyl (C=O) groups is 2. The minimum atomic E-state index is -0.467. The Morgan fingerprint density at radius 3 is 2.65 bits per heavy atom. The summed E-state index contributed by atoms with van der Waals surface area (Å²) in [7, 11) is 0. The Bertz CT molecular complexity index is 1130. The molecule has 5 rings (SSSR count). The van der Waals surface area contributed by atoms with Gasteiger partial charge in [-0.1, -0.05) is 18.2 Å². The fourth-order valence-electron chi connectivity index (χ4n) is 3.86. The number of nitrogens with zero attached hydrogens (tertiary/aromatic N) is 3. The van der Waals surface area contributed by atoms with E-state index in [1.807, 2.05) is 48.7 Å². The van der Waals surface area contributed by atoms with Gasteiger partial charge in [0, 0.05) is 30.1 Å². The molecule has 8 heteroatoms. The third kappa shape index (κ3) is 3.74. The van der Waals surface area contributed by atoms with E-state index in [9.17, 15) is 9.59 Å². The highest BCUT2D eigenvalue weighted by Gasteiger charge is 2.39. The first kappa shape index (κ1) is 19.6. The lowest BCUT2D eigenvalue weighted by molar-refractivity contribution is -0.123. The molecule has 0 spiro atoms. The highest BCUT2D eigenvalue weighted by Crippen LogP contribution is 2.37. The number of rotatable bonds is 4. The second-order valence-corrected chi connectivity index (χ2v) is 8.35. The summed E-state index contributed by atoms with van der Waals surface area (Å²) in [5.74, 6) is 0.608. The number of carbonyl (C=O) groups excluding carboxylic acids is 2. The molecular formula is C23H21N3O4S. The van der Waals surface area contributed by atoms with Crippen molar-refractivity contribution in [3.63, 3.8) is 0 Å². The average molecular weight is 436 g/mol. The number of hydrogen-bond acceptors (Lipinski definition) is 6. The van der Waals surface area contributed by atoms with Gasteiger partial charge in [0.15, 0.2) is 16.6 Å². The Morgan fingerprint density at radius 1 is 1.13 bits per heavy atom. The van der Waals surface area contributed by atoms with Gasteiger partial charge < -0.3 is 14.4 Å². The zero-order valence-electron chi connectivity index (χ0n) is 17.0. The first-order valence-electron chi connectivity index (χ1n) is 10.1. The maximum Gasteiger partial charge on any atom is 0.238 e. The molecule has 31 heavy (non-hydrogen) atoms. The Labute approximate surface area is 183 Å². The molecule has 1 saturated heterocycles. The molecule has 3 aromatic rings. The standard InChI is InChI=1S/C23H21N3O4S/c1-15-14-31-23(24-15)26(17-5-3-2-4-6-17)22(28)16-11-21(27)25(13-16)18-7-8-19-20(12-18)30-10-9-29-19/h2-8,12,14,16H,9-11,13H2,1H3/t16-/m1/s1. The van der Waals surface area contributed by atoms with Crippen molar-refractivity contribution in [3.8, 4) is 11.5 Å². The van der Waals surface area contributed by atoms with Crippen molar-refractivity contribution in [3.05, 3.63) is 59.6 Å². The highest BCUT2D eigenvalue weighted by molar-refractivity contribution is 7.14. The maximum atomic E-state index is 13.6. The molecule has 2 amide bonds. The van der Waals surface area contributed by atoms with Crippen LogP contribution < -0.4 is 19.3 Å². The summed E-state index contributed by atoms with van der Waals surface area (Å²) in [6, 6.07) is 14.9. The van der Waals surface area contributed by atoms with Crippen molar-refractivity contribution in [2.24, 2.45) is 5.92 Å². The topological polar surface area (TPSA) is 72.0 Å². The monoisotopic (exact) mass is 435 g/mol. The highest BCUT2D eigenvalue weighted by atomic mass is 32.1. The van der Waals surface area contributed by atoms with Crippen molar-refractivity contribution in [2.75, 3.05) is 29.6 Å². The number of aryl methyl sites for hydroxylation is 1. The maximum absolute atomic E-state index is 13.6. The van der Waals surface area contributed by atoms with Crippen molar-refractivity contribution < 1.29 is 19.1 Å². The van der Waals surface area contributed by atoms with Crippen LogP contribution in [0.15, 0.2) is 53.9 Å². The summed E-state index contributed by atoms with van der Waals surface area (Å²) in [5, 5.41) is 2.53. The molecule has 0 aliphatic carbocycles. The van der Waals surface area contributed by atoms with Gasteiger partial charge in [-0.2, -0.15) is 0 Å². The lowest BCUT2D eigenvalue weighted by atomic mass is 10.1.